The normalized spacial score (nSPS) is 13.7. The lowest BCUT2D eigenvalue weighted by atomic mass is 10.0. The first-order valence-electron chi connectivity index (χ1n) is 6.36. The standard InChI is InChI=1S/C15H25NS/c1-6-13-7-9-14(10-8-13)12(2)16-11-15(3,4)17-5/h7-10,12,16H,6,11H2,1-5H3. The van der Waals surface area contributed by atoms with E-state index < -0.39 is 0 Å². The third-order valence-electron chi connectivity index (χ3n) is 3.27. The Morgan fingerprint density at radius 1 is 1.24 bits per heavy atom. The molecule has 1 aromatic rings. The van der Waals surface area contributed by atoms with E-state index in [9.17, 15) is 0 Å². The quantitative estimate of drug-likeness (QED) is 0.819. The molecular formula is C15H25NS. The highest BCUT2D eigenvalue weighted by atomic mass is 32.2. The fourth-order valence-electron chi connectivity index (χ4n) is 1.63. The van der Waals surface area contributed by atoms with Gasteiger partial charge in [-0.15, -0.1) is 0 Å². The first-order valence-corrected chi connectivity index (χ1v) is 7.58. The number of hydrogen-bond donors (Lipinski definition) is 1. The largest absolute Gasteiger partial charge is 0.309 e. The first kappa shape index (κ1) is 14.6. The molecule has 0 bridgehead atoms. The lowest BCUT2D eigenvalue weighted by molar-refractivity contribution is 0.522. The van der Waals surface area contributed by atoms with Gasteiger partial charge in [-0.05, 0) is 44.6 Å². The third kappa shape index (κ3) is 4.72. The van der Waals surface area contributed by atoms with Crippen LogP contribution in [0.2, 0.25) is 0 Å². The molecule has 0 spiro atoms. The Morgan fingerprint density at radius 3 is 2.29 bits per heavy atom. The predicted octanol–water partition coefficient (Wildman–Crippen LogP) is 4.04. The molecule has 0 aliphatic rings. The zero-order valence-corrected chi connectivity index (χ0v) is 12.5. The van der Waals surface area contributed by atoms with E-state index in [0.717, 1.165) is 13.0 Å². The number of hydrogen-bond acceptors (Lipinski definition) is 2. The molecule has 0 aliphatic heterocycles. The van der Waals surface area contributed by atoms with Crippen LogP contribution in [0.3, 0.4) is 0 Å². The Kier molecular flexibility index (Phi) is 5.54. The molecule has 0 fully saturated rings. The minimum absolute atomic E-state index is 0.303. The van der Waals surface area contributed by atoms with Crippen molar-refractivity contribution in [3.63, 3.8) is 0 Å². The Labute approximate surface area is 110 Å². The van der Waals surface area contributed by atoms with Crippen molar-refractivity contribution in [1.29, 1.82) is 0 Å². The Balaban J connectivity index is 2.54. The summed E-state index contributed by atoms with van der Waals surface area (Å²) in [4.78, 5) is 0. The summed E-state index contributed by atoms with van der Waals surface area (Å²) in [6, 6.07) is 9.36. The maximum atomic E-state index is 3.61. The molecule has 17 heavy (non-hydrogen) atoms. The van der Waals surface area contributed by atoms with E-state index in [4.69, 9.17) is 0 Å². The molecule has 1 rings (SSSR count). The molecule has 96 valence electrons. The molecule has 0 aromatic heterocycles. The zero-order chi connectivity index (χ0) is 12.9. The molecule has 1 aromatic carbocycles. The minimum atomic E-state index is 0.303. The number of rotatable bonds is 6. The topological polar surface area (TPSA) is 12.0 Å². The molecule has 0 saturated carbocycles. The molecular weight excluding hydrogens is 226 g/mol. The number of benzene rings is 1. The van der Waals surface area contributed by atoms with Crippen LogP contribution in [0.5, 0.6) is 0 Å². The minimum Gasteiger partial charge on any atom is -0.309 e. The van der Waals surface area contributed by atoms with Crippen molar-refractivity contribution in [1.82, 2.24) is 5.32 Å². The molecule has 1 unspecified atom stereocenters. The van der Waals surface area contributed by atoms with Crippen molar-refractivity contribution in [3.05, 3.63) is 35.4 Å². The van der Waals surface area contributed by atoms with Gasteiger partial charge in [-0.3, -0.25) is 0 Å². The molecule has 1 nitrogen and oxygen atoms in total. The van der Waals surface area contributed by atoms with Crippen LogP contribution in [0.25, 0.3) is 0 Å². The second-order valence-electron chi connectivity index (χ2n) is 5.16. The van der Waals surface area contributed by atoms with Gasteiger partial charge < -0.3 is 5.32 Å². The lowest BCUT2D eigenvalue weighted by Gasteiger charge is -2.25. The Bertz CT molecular complexity index is 329. The monoisotopic (exact) mass is 251 g/mol. The molecule has 1 atom stereocenters. The van der Waals surface area contributed by atoms with Crippen molar-refractivity contribution >= 4 is 11.8 Å². The van der Waals surface area contributed by atoms with Gasteiger partial charge in [-0.2, -0.15) is 11.8 Å². The van der Waals surface area contributed by atoms with E-state index in [-0.39, 0.29) is 0 Å². The molecule has 0 amide bonds. The van der Waals surface area contributed by atoms with Gasteiger partial charge in [0.1, 0.15) is 0 Å². The maximum Gasteiger partial charge on any atom is 0.0292 e. The number of aryl methyl sites for hydroxylation is 1. The SMILES string of the molecule is CCc1ccc(C(C)NCC(C)(C)SC)cc1. The van der Waals surface area contributed by atoms with Crippen molar-refractivity contribution in [2.24, 2.45) is 0 Å². The second kappa shape index (κ2) is 6.46. The van der Waals surface area contributed by atoms with Crippen LogP contribution >= 0.6 is 11.8 Å². The molecule has 0 heterocycles. The van der Waals surface area contributed by atoms with Crippen molar-refractivity contribution in [2.45, 2.75) is 44.9 Å². The van der Waals surface area contributed by atoms with Crippen LogP contribution in [-0.2, 0) is 6.42 Å². The predicted molar refractivity (Wildman–Crippen MR) is 79.8 cm³/mol. The molecule has 2 heteroatoms. The summed E-state index contributed by atoms with van der Waals surface area (Å²) in [5.74, 6) is 0. The van der Waals surface area contributed by atoms with Gasteiger partial charge in [-0.25, -0.2) is 0 Å². The van der Waals surface area contributed by atoms with E-state index in [1.807, 2.05) is 11.8 Å². The second-order valence-corrected chi connectivity index (χ2v) is 6.67. The maximum absolute atomic E-state index is 3.61. The fourth-order valence-corrected chi connectivity index (χ4v) is 1.86. The smallest absolute Gasteiger partial charge is 0.0292 e. The summed E-state index contributed by atoms with van der Waals surface area (Å²) in [5.41, 5.74) is 2.78. The van der Waals surface area contributed by atoms with Crippen LogP contribution < -0.4 is 5.32 Å². The van der Waals surface area contributed by atoms with Crippen LogP contribution in [0.4, 0.5) is 0 Å². The summed E-state index contributed by atoms with van der Waals surface area (Å²) >= 11 is 1.91. The van der Waals surface area contributed by atoms with Crippen LogP contribution in [0, 0.1) is 0 Å². The van der Waals surface area contributed by atoms with Crippen LogP contribution in [0.15, 0.2) is 24.3 Å². The van der Waals surface area contributed by atoms with E-state index in [2.05, 4.69) is 63.5 Å². The lowest BCUT2D eigenvalue weighted by Crippen LogP contribution is -2.33. The van der Waals surface area contributed by atoms with Gasteiger partial charge in [0.25, 0.3) is 0 Å². The highest BCUT2D eigenvalue weighted by Gasteiger charge is 2.16. The van der Waals surface area contributed by atoms with E-state index >= 15 is 0 Å². The zero-order valence-electron chi connectivity index (χ0n) is 11.7. The van der Waals surface area contributed by atoms with E-state index in [1.165, 1.54) is 11.1 Å². The summed E-state index contributed by atoms with van der Waals surface area (Å²) < 4.78 is 0.303. The van der Waals surface area contributed by atoms with Gasteiger partial charge in [0.15, 0.2) is 0 Å². The summed E-state index contributed by atoms with van der Waals surface area (Å²) in [6.45, 7) is 10.0. The Morgan fingerprint density at radius 2 is 1.82 bits per heavy atom. The highest BCUT2D eigenvalue weighted by Crippen LogP contribution is 2.21. The summed E-state index contributed by atoms with van der Waals surface area (Å²) in [7, 11) is 0. The molecule has 0 aliphatic carbocycles. The Hall–Kier alpha value is -0.470. The fraction of sp³-hybridized carbons (Fsp3) is 0.600. The van der Waals surface area contributed by atoms with Gasteiger partial charge >= 0.3 is 0 Å². The number of thioether (sulfide) groups is 1. The van der Waals surface area contributed by atoms with Gasteiger partial charge in [0.2, 0.25) is 0 Å². The van der Waals surface area contributed by atoms with Gasteiger partial charge in [0.05, 0.1) is 0 Å². The van der Waals surface area contributed by atoms with Gasteiger partial charge in [0, 0.05) is 17.3 Å². The number of nitrogens with one attached hydrogen (secondary N) is 1. The summed E-state index contributed by atoms with van der Waals surface area (Å²) in [5, 5.41) is 3.61. The third-order valence-corrected chi connectivity index (χ3v) is 4.52. The summed E-state index contributed by atoms with van der Waals surface area (Å²) in [6.07, 6.45) is 3.28. The van der Waals surface area contributed by atoms with E-state index in [1.54, 1.807) is 0 Å². The molecule has 0 saturated heterocycles. The van der Waals surface area contributed by atoms with Crippen molar-refractivity contribution < 1.29 is 0 Å². The van der Waals surface area contributed by atoms with Gasteiger partial charge in [-0.1, -0.05) is 31.2 Å². The van der Waals surface area contributed by atoms with Crippen LogP contribution in [-0.4, -0.2) is 17.5 Å². The average Bonchev–Trinajstić information content (AvgIpc) is 2.36. The average molecular weight is 251 g/mol. The molecule has 1 N–H and O–H groups in total. The molecule has 0 radical (unpaired) electrons. The first-order chi connectivity index (χ1) is 7.98. The van der Waals surface area contributed by atoms with Crippen molar-refractivity contribution in [3.8, 4) is 0 Å². The highest BCUT2D eigenvalue weighted by molar-refractivity contribution is 7.99. The van der Waals surface area contributed by atoms with Crippen molar-refractivity contribution in [2.75, 3.05) is 12.8 Å². The van der Waals surface area contributed by atoms with E-state index in [0.29, 0.717) is 10.8 Å². The van der Waals surface area contributed by atoms with Crippen LogP contribution in [0.1, 0.15) is 44.9 Å².